The maximum absolute atomic E-state index is 12.3. The second-order valence-corrected chi connectivity index (χ2v) is 6.77. The molecule has 2 N–H and O–H groups in total. The van der Waals surface area contributed by atoms with Gasteiger partial charge in [-0.1, -0.05) is 12.1 Å². The maximum atomic E-state index is 12.3. The van der Waals surface area contributed by atoms with Crippen LogP contribution in [0.3, 0.4) is 0 Å². The summed E-state index contributed by atoms with van der Waals surface area (Å²) in [5, 5.41) is 11.5. The molecule has 8 heteroatoms. The van der Waals surface area contributed by atoms with E-state index in [0.29, 0.717) is 18.5 Å². The quantitative estimate of drug-likeness (QED) is 0.817. The van der Waals surface area contributed by atoms with E-state index < -0.39 is 16.0 Å². The Labute approximate surface area is 122 Å². The number of hydrogen-bond donors (Lipinski definition) is 2. The minimum absolute atomic E-state index is 0.0382. The lowest BCUT2D eigenvalue weighted by molar-refractivity contribution is -0.120. The predicted octanol–water partition coefficient (Wildman–Crippen LogP) is 0.0365. The fourth-order valence-corrected chi connectivity index (χ4v) is 3.62. The smallest absolute Gasteiger partial charge is 0.335 e. The highest BCUT2D eigenvalue weighted by Gasteiger charge is 2.26. The molecule has 0 unspecified atom stereocenters. The third kappa shape index (κ3) is 4.02. The Morgan fingerprint density at radius 1 is 1.38 bits per heavy atom. The number of sulfonamides is 1. The van der Waals surface area contributed by atoms with Crippen molar-refractivity contribution in [2.75, 3.05) is 19.6 Å². The molecule has 0 aliphatic carbocycles. The number of aromatic carboxylic acids is 1. The van der Waals surface area contributed by atoms with Gasteiger partial charge in [-0.25, -0.2) is 13.2 Å². The van der Waals surface area contributed by atoms with E-state index in [1.165, 1.54) is 18.2 Å². The zero-order valence-electron chi connectivity index (χ0n) is 11.3. The average molecular weight is 312 g/mol. The number of carbonyl (C=O) groups is 2. The summed E-state index contributed by atoms with van der Waals surface area (Å²) in [6.45, 7) is 0.542. The summed E-state index contributed by atoms with van der Waals surface area (Å²) in [5.74, 6) is -1.75. The molecule has 0 radical (unpaired) electrons. The molecule has 1 aliphatic heterocycles. The largest absolute Gasteiger partial charge is 0.478 e. The molecular formula is C13H16N2O5S. The Balaban J connectivity index is 2.18. The first-order valence-corrected chi connectivity index (χ1v) is 8.06. The molecule has 1 fully saturated rings. The SMILES string of the molecule is O=C1CN(S(=O)(=O)Cc2cccc(C(=O)O)c2)CCCN1. The van der Waals surface area contributed by atoms with Crippen molar-refractivity contribution in [3.63, 3.8) is 0 Å². The summed E-state index contributed by atoms with van der Waals surface area (Å²) in [4.78, 5) is 22.3. The number of carboxylic acid groups (broad SMARTS) is 1. The van der Waals surface area contributed by atoms with Gasteiger partial charge in [-0.2, -0.15) is 4.31 Å². The van der Waals surface area contributed by atoms with Crippen LogP contribution >= 0.6 is 0 Å². The van der Waals surface area contributed by atoms with Crippen LogP contribution in [0.25, 0.3) is 0 Å². The highest BCUT2D eigenvalue weighted by Crippen LogP contribution is 2.14. The summed E-state index contributed by atoms with van der Waals surface area (Å²) in [6, 6.07) is 5.79. The highest BCUT2D eigenvalue weighted by atomic mass is 32.2. The lowest BCUT2D eigenvalue weighted by Crippen LogP contribution is -2.38. The minimum Gasteiger partial charge on any atom is -0.478 e. The number of nitrogens with zero attached hydrogens (tertiary/aromatic N) is 1. The molecule has 21 heavy (non-hydrogen) atoms. The maximum Gasteiger partial charge on any atom is 0.335 e. The van der Waals surface area contributed by atoms with E-state index in [1.54, 1.807) is 6.07 Å². The first-order chi connectivity index (χ1) is 9.88. The van der Waals surface area contributed by atoms with Gasteiger partial charge in [0.15, 0.2) is 0 Å². The molecule has 1 aliphatic rings. The van der Waals surface area contributed by atoms with Crippen molar-refractivity contribution in [2.45, 2.75) is 12.2 Å². The molecule has 1 aromatic rings. The fourth-order valence-electron chi connectivity index (χ4n) is 2.11. The van der Waals surface area contributed by atoms with Crippen LogP contribution in [0.2, 0.25) is 0 Å². The molecule has 2 rings (SSSR count). The van der Waals surface area contributed by atoms with Gasteiger partial charge < -0.3 is 10.4 Å². The molecule has 1 saturated heterocycles. The molecule has 1 heterocycles. The molecule has 0 aromatic heterocycles. The third-order valence-corrected chi connectivity index (χ3v) is 4.94. The molecule has 114 valence electrons. The number of carbonyl (C=O) groups excluding carboxylic acids is 1. The van der Waals surface area contributed by atoms with Crippen LogP contribution in [0.4, 0.5) is 0 Å². The Kier molecular flexibility index (Phi) is 4.59. The molecule has 1 aromatic carbocycles. The van der Waals surface area contributed by atoms with Gasteiger partial charge in [0.1, 0.15) is 0 Å². The van der Waals surface area contributed by atoms with Crippen LogP contribution in [-0.4, -0.2) is 49.3 Å². The van der Waals surface area contributed by atoms with Crippen LogP contribution in [0.5, 0.6) is 0 Å². The van der Waals surface area contributed by atoms with Gasteiger partial charge >= 0.3 is 5.97 Å². The number of amides is 1. The van der Waals surface area contributed by atoms with Gasteiger partial charge in [0.2, 0.25) is 15.9 Å². The predicted molar refractivity (Wildman–Crippen MR) is 75.2 cm³/mol. The van der Waals surface area contributed by atoms with Crippen molar-refractivity contribution in [2.24, 2.45) is 0 Å². The molecule has 7 nitrogen and oxygen atoms in total. The van der Waals surface area contributed by atoms with Crippen LogP contribution in [0.15, 0.2) is 24.3 Å². The van der Waals surface area contributed by atoms with E-state index in [-0.39, 0.29) is 30.3 Å². The van der Waals surface area contributed by atoms with Gasteiger partial charge in [-0.3, -0.25) is 4.79 Å². The fraction of sp³-hybridized carbons (Fsp3) is 0.385. The van der Waals surface area contributed by atoms with E-state index in [1.807, 2.05) is 0 Å². The second-order valence-electron chi connectivity index (χ2n) is 4.80. The van der Waals surface area contributed by atoms with Gasteiger partial charge in [0.25, 0.3) is 0 Å². The van der Waals surface area contributed by atoms with E-state index >= 15 is 0 Å². The topological polar surface area (TPSA) is 104 Å². The summed E-state index contributed by atoms with van der Waals surface area (Å²) in [6.07, 6.45) is 0.556. The first kappa shape index (κ1) is 15.5. The summed E-state index contributed by atoms with van der Waals surface area (Å²) < 4.78 is 25.8. The van der Waals surface area contributed by atoms with Crippen LogP contribution < -0.4 is 5.32 Å². The highest BCUT2D eigenvalue weighted by molar-refractivity contribution is 7.88. The van der Waals surface area contributed by atoms with Crippen molar-refractivity contribution in [3.05, 3.63) is 35.4 Å². The van der Waals surface area contributed by atoms with E-state index in [9.17, 15) is 18.0 Å². The van der Waals surface area contributed by atoms with Crippen molar-refractivity contribution in [1.29, 1.82) is 0 Å². The molecule has 1 amide bonds. The number of rotatable bonds is 4. The second kappa shape index (κ2) is 6.23. The van der Waals surface area contributed by atoms with Crippen LogP contribution in [0, 0.1) is 0 Å². The molecule has 0 atom stereocenters. The number of carboxylic acids is 1. The molecular weight excluding hydrogens is 296 g/mol. The normalized spacial score (nSPS) is 17.0. The Morgan fingerprint density at radius 3 is 2.86 bits per heavy atom. The van der Waals surface area contributed by atoms with Gasteiger partial charge in [0.05, 0.1) is 17.9 Å². The summed E-state index contributed by atoms with van der Waals surface area (Å²) in [5.41, 5.74) is 0.427. The van der Waals surface area contributed by atoms with Gasteiger partial charge in [-0.15, -0.1) is 0 Å². The van der Waals surface area contributed by atoms with Crippen LogP contribution in [0.1, 0.15) is 22.3 Å². The average Bonchev–Trinajstić information content (AvgIpc) is 2.63. The van der Waals surface area contributed by atoms with Crippen molar-refractivity contribution in [3.8, 4) is 0 Å². The van der Waals surface area contributed by atoms with Crippen molar-refractivity contribution in [1.82, 2.24) is 9.62 Å². The Hall–Kier alpha value is -1.93. The Bertz CT molecular complexity index is 656. The zero-order valence-corrected chi connectivity index (χ0v) is 12.1. The van der Waals surface area contributed by atoms with Crippen LogP contribution in [-0.2, 0) is 20.6 Å². The number of hydrogen-bond acceptors (Lipinski definition) is 4. The van der Waals surface area contributed by atoms with Crippen molar-refractivity contribution >= 4 is 21.9 Å². The molecule has 0 saturated carbocycles. The molecule has 0 bridgehead atoms. The molecule has 0 spiro atoms. The lowest BCUT2D eigenvalue weighted by Gasteiger charge is -2.18. The lowest BCUT2D eigenvalue weighted by atomic mass is 10.1. The Morgan fingerprint density at radius 2 is 2.14 bits per heavy atom. The first-order valence-electron chi connectivity index (χ1n) is 6.45. The summed E-state index contributed by atoms with van der Waals surface area (Å²) >= 11 is 0. The van der Waals surface area contributed by atoms with E-state index in [2.05, 4.69) is 5.32 Å². The van der Waals surface area contributed by atoms with Gasteiger partial charge in [-0.05, 0) is 24.1 Å². The minimum atomic E-state index is -3.66. The zero-order chi connectivity index (χ0) is 15.5. The number of nitrogens with one attached hydrogen (secondary N) is 1. The summed E-state index contributed by atoms with van der Waals surface area (Å²) in [7, 11) is -3.66. The van der Waals surface area contributed by atoms with E-state index in [4.69, 9.17) is 5.11 Å². The number of benzene rings is 1. The van der Waals surface area contributed by atoms with Crippen molar-refractivity contribution < 1.29 is 23.1 Å². The standard InChI is InChI=1S/C13H16N2O5S/c16-12-8-15(6-2-5-14-12)21(19,20)9-10-3-1-4-11(7-10)13(17)18/h1,3-4,7H,2,5-6,8-9H2,(H,14,16)(H,17,18). The van der Waals surface area contributed by atoms with Gasteiger partial charge in [0, 0.05) is 13.1 Å². The van der Waals surface area contributed by atoms with E-state index in [0.717, 1.165) is 4.31 Å². The monoisotopic (exact) mass is 312 g/mol. The third-order valence-electron chi connectivity index (χ3n) is 3.14.